The van der Waals surface area contributed by atoms with Gasteiger partial charge < -0.3 is 10.0 Å². The molecule has 0 aromatic heterocycles. The predicted octanol–water partition coefficient (Wildman–Crippen LogP) is 3.55. The van der Waals surface area contributed by atoms with Gasteiger partial charge in [-0.1, -0.05) is 48.0 Å². The fourth-order valence-electron chi connectivity index (χ4n) is 2.16. The average molecular weight is 255 g/mol. The van der Waals surface area contributed by atoms with Gasteiger partial charge in [-0.15, -0.1) is 0 Å². The number of aryl methyl sites for hydroxylation is 1. The third-order valence-corrected chi connectivity index (χ3v) is 3.36. The number of rotatable bonds is 5. The van der Waals surface area contributed by atoms with Crippen molar-refractivity contribution >= 4 is 5.69 Å². The van der Waals surface area contributed by atoms with Crippen LogP contribution in [-0.2, 0) is 0 Å². The van der Waals surface area contributed by atoms with Gasteiger partial charge in [0.05, 0.1) is 6.10 Å². The Kier molecular flexibility index (Phi) is 4.58. The molecule has 0 aliphatic heterocycles. The van der Waals surface area contributed by atoms with E-state index < -0.39 is 6.10 Å². The van der Waals surface area contributed by atoms with Crippen LogP contribution in [0.4, 0.5) is 5.69 Å². The van der Waals surface area contributed by atoms with E-state index in [0.717, 1.165) is 17.8 Å². The lowest BCUT2D eigenvalue weighted by Gasteiger charge is -2.26. The number of aliphatic hydroxyl groups excluding tert-OH is 1. The monoisotopic (exact) mass is 255 g/mol. The maximum Gasteiger partial charge on any atom is 0.0964 e. The van der Waals surface area contributed by atoms with Crippen LogP contribution < -0.4 is 4.90 Å². The highest BCUT2D eigenvalue weighted by atomic mass is 16.3. The molecule has 0 radical (unpaired) electrons. The molecule has 2 aromatic carbocycles. The summed E-state index contributed by atoms with van der Waals surface area (Å²) in [6.07, 6.45) is -0.456. The van der Waals surface area contributed by atoms with E-state index in [4.69, 9.17) is 0 Å². The smallest absolute Gasteiger partial charge is 0.0964 e. The summed E-state index contributed by atoms with van der Waals surface area (Å²) in [7, 11) is 0. The number of aliphatic hydroxyl groups is 1. The van der Waals surface area contributed by atoms with Gasteiger partial charge in [-0.2, -0.15) is 0 Å². The van der Waals surface area contributed by atoms with E-state index in [1.165, 1.54) is 5.56 Å². The lowest BCUT2D eigenvalue weighted by atomic mass is 10.1. The van der Waals surface area contributed by atoms with E-state index in [2.05, 4.69) is 43.0 Å². The summed E-state index contributed by atoms with van der Waals surface area (Å²) < 4.78 is 0. The fraction of sp³-hybridized carbons (Fsp3) is 0.294. The highest BCUT2D eigenvalue weighted by Gasteiger charge is 2.12. The van der Waals surface area contributed by atoms with E-state index in [-0.39, 0.29) is 0 Å². The molecule has 0 fully saturated rings. The SMILES string of the molecule is CCN(CC(O)c1ccccc1)c1ccc(C)cc1. The van der Waals surface area contributed by atoms with Gasteiger partial charge in [-0.3, -0.25) is 0 Å². The summed E-state index contributed by atoms with van der Waals surface area (Å²) >= 11 is 0. The molecule has 2 aromatic rings. The minimum atomic E-state index is -0.456. The van der Waals surface area contributed by atoms with Crippen molar-refractivity contribution in [3.05, 3.63) is 65.7 Å². The molecule has 0 aliphatic carbocycles. The lowest BCUT2D eigenvalue weighted by Crippen LogP contribution is -2.28. The predicted molar refractivity (Wildman–Crippen MR) is 80.5 cm³/mol. The molecule has 0 spiro atoms. The molecule has 2 rings (SSSR count). The van der Waals surface area contributed by atoms with Crippen molar-refractivity contribution < 1.29 is 5.11 Å². The van der Waals surface area contributed by atoms with E-state index >= 15 is 0 Å². The maximum atomic E-state index is 10.3. The van der Waals surface area contributed by atoms with Crippen molar-refractivity contribution in [1.82, 2.24) is 0 Å². The number of nitrogens with zero attached hydrogens (tertiary/aromatic N) is 1. The number of anilines is 1. The van der Waals surface area contributed by atoms with E-state index in [1.54, 1.807) is 0 Å². The van der Waals surface area contributed by atoms with Crippen molar-refractivity contribution in [1.29, 1.82) is 0 Å². The molecule has 0 amide bonds. The molecule has 2 heteroatoms. The first-order valence-corrected chi connectivity index (χ1v) is 6.75. The second kappa shape index (κ2) is 6.39. The first kappa shape index (κ1) is 13.6. The molecule has 0 heterocycles. The molecule has 19 heavy (non-hydrogen) atoms. The number of hydrogen-bond donors (Lipinski definition) is 1. The van der Waals surface area contributed by atoms with Gasteiger partial charge >= 0.3 is 0 Å². The number of benzene rings is 2. The summed E-state index contributed by atoms with van der Waals surface area (Å²) in [5, 5.41) is 10.3. The first-order chi connectivity index (χ1) is 9.20. The molecule has 100 valence electrons. The number of likely N-dealkylation sites (N-methyl/N-ethyl adjacent to an activating group) is 1. The van der Waals surface area contributed by atoms with Crippen molar-refractivity contribution in [3.8, 4) is 0 Å². The van der Waals surface area contributed by atoms with Crippen LogP contribution in [0, 0.1) is 6.92 Å². The highest BCUT2D eigenvalue weighted by molar-refractivity contribution is 5.47. The summed E-state index contributed by atoms with van der Waals surface area (Å²) in [5.41, 5.74) is 3.37. The Morgan fingerprint density at radius 1 is 1.00 bits per heavy atom. The maximum absolute atomic E-state index is 10.3. The Morgan fingerprint density at radius 3 is 2.21 bits per heavy atom. The van der Waals surface area contributed by atoms with E-state index in [1.807, 2.05) is 30.3 Å². The molecule has 0 bridgehead atoms. The standard InChI is InChI=1S/C17H21NO/c1-3-18(16-11-9-14(2)10-12-16)13-17(19)15-7-5-4-6-8-15/h4-12,17,19H,3,13H2,1-2H3. The van der Waals surface area contributed by atoms with Crippen molar-refractivity contribution in [2.75, 3.05) is 18.0 Å². The largest absolute Gasteiger partial charge is 0.387 e. The zero-order valence-electron chi connectivity index (χ0n) is 11.6. The van der Waals surface area contributed by atoms with Crippen LogP contribution in [0.15, 0.2) is 54.6 Å². The number of hydrogen-bond acceptors (Lipinski definition) is 2. The van der Waals surface area contributed by atoms with Gasteiger partial charge in [0.25, 0.3) is 0 Å². The molecular formula is C17H21NO. The summed E-state index contributed by atoms with van der Waals surface area (Å²) in [4.78, 5) is 2.19. The summed E-state index contributed by atoms with van der Waals surface area (Å²) in [6, 6.07) is 18.2. The minimum Gasteiger partial charge on any atom is -0.387 e. The van der Waals surface area contributed by atoms with Gasteiger partial charge in [0.15, 0.2) is 0 Å². The Bertz CT molecular complexity index is 492. The van der Waals surface area contributed by atoms with Crippen LogP contribution in [-0.4, -0.2) is 18.2 Å². The Labute approximate surface area is 115 Å². The van der Waals surface area contributed by atoms with Crippen LogP contribution >= 0.6 is 0 Å². The molecule has 1 atom stereocenters. The van der Waals surface area contributed by atoms with Crippen LogP contribution in [0.5, 0.6) is 0 Å². The van der Waals surface area contributed by atoms with Gasteiger partial charge in [0.2, 0.25) is 0 Å². The third-order valence-electron chi connectivity index (χ3n) is 3.36. The van der Waals surface area contributed by atoms with Gasteiger partial charge in [0.1, 0.15) is 0 Å². The second-order valence-electron chi connectivity index (χ2n) is 4.80. The Hall–Kier alpha value is -1.80. The molecular weight excluding hydrogens is 234 g/mol. The van der Waals surface area contributed by atoms with Crippen LogP contribution in [0.3, 0.4) is 0 Å². The molecule has 2 nitrogen and oxygen atoms in total. The highest BCUT2D eigenvalue weighted by Crippen LogP contribution is 2.20. The Balaban J connectivity index is 2.09. The van der Waals surface area contributed by atoms with Crippen LogP contribution in [0.1, 0.15) is 24.2 Å². The molecule has 0 saturated heterocycles. The minimum absolute atomic E-state index is 0.456. The molecule has 1 N–H and O–H groups in total. The quantitative estimate of drug-likeness (QED) is 0.883. The van der Waals surface area contributed by atoms with Gasteiger partial charge in [-0.25, -0.2) is 0 Å². The molecule has 0 aliphatic rings. The van der Waals surface area contributed by atoms with E-state index in [9.17, 15) is 5.11 Å². The summed E-state index contributed by atoms with van der Waals surface area (Å²) in [5.74, 6) is 0. The van der Waals surface area contributed by atoms with Crippen LogP contribution in [0.2, 0.25) is 0 Å². The topological polar surface area (TPSA) is 23.5 Å². The van der Waals surface area contributed by atoms with Crippen molar-refractivity contribution in [2.24, 2.45) is 0 Å². The lowest BCUT2D eigenvalue weighted by molar-refractivity contribution is 0.183. The zero-order valence-corrected chi connectivity index (χ0v) is 11.6. The third kappa shape index (κ3) is 3.58. The van der Waals surface area contributed by atoms with Crippen molar-refractivity contribution in [2.45, 2.75) is 20.0 Å². The molecule has 1 unspecified atom stereocenters. The molecule has 0 saturated carbocycles. The zero-order chi connectivity index (χ0) is 13.7. The fourth-order valence-corrected chi connectivity index (χ4v) is 2.16. The normalized spacial score (nSPS) is 12.2. The summed E-state index contributed by atoms with van der Waals surface area (Å²) in [6.45, 7) is 5.69. The van der Waals surface area contributed by atoms with Gasteiger partial charge in [-0.05, 0) is 31.5 Å². The van der Waals surface area contributed by atoms with Gasteiger partial charge in [0, 0.05) is 18.8 Å². The first-order valence-electron chi connectivity index (χ1n) is 6.75. The van der Waals surface area contributed by atoms with Crippen LogP contribution in [0.25, 0.3) is 0 Å². The van der Waals surface area contributed by atoms with E-state index in [0.29, 0.717) is 6.54 Å². The second-order valence-corrected chi connectivity index (χ2v) is 4.80. The van der Waals surface area contributed by atoms with Crippen molar-refractivity contribution in [3.63, 3.8) is 0 Å². The Morgan fingerprint density at radius 2 is 1.63 bits per heavy atom. The average Bonchev–Trinajstić information content (AvgIpc) is 2.46.